The van der Waals surface area contributed by atoms with E-state index >= 15 is 0 Å². The van der Waals surface area contributed by atoms with Crippen LogP contribution in [0.15, 0.2) is 12.1 Å². The van der Waals surface area contributed by atoms with Crippen LogP contribution in [0.2, 0.25) is 0 Å². The van der Waals surface area contributed by atoms with Crippen LogP contribution in [0.5, 0.6) is 17.2 Å². The summed E-state index contributed by atoms with van der Waals surface area (Å²) in [6, 6.07) is 5.56. The van der Waals surface area contributed by atoms with E-state index in [4.69, 9.17) is 14.2 Å². The monoisotopic (exact) mass is 346 g/mol. The number of ether oxygens (including phenoxy) is 3. The van der Waals surface area contributed by atoms with Crippen molar-refractivity contribution in [3.05, 3.63) is 17.7 Å². The number of nitrogens with zero attached hydrogens (tertiary/aromatic N) is 2. The van der Waals surface area contributed by atoms with Crippen LogP contribution in [-0.2, 0) is 6.54 Å². The predicted molar refractivity (Wildman–Crippen MR) is 97.7 cm³/mol. The van der Waals surface area contributed by atoms with E-state index < -0.39 is 0 Å². The molecule has 0 amide bonds. The van der Waals surface area contributed by atoms with Crippen molar-refractivity contribution in [2.45, 2.75) is 51.2 Å². The van der Waals surface area contributed by atoms with Gasteiger partial charge in [-0.2, -0.15) is 0 Å². The highest BCUT2D eigenvalue weighted by molar-refractivity contribution is 5.51. The Bertz CT molecular complexity index is 601. The van der Waals surface area contributed by atoms with Crippen LogP contribution in [0.25, 0.3) is 0 Å². The summed E-state index contributed by atoms with van der Waals surface area (Å²) in [4.78, 5) is 5.22. The summed E-state index contributed by atoms with van der Waals surface area (Å²) in [5.74, 6) is 2.57. The maximum Gasteiger partial charge on any atom is 0.164 e. The van der Waals surface area contributed by atoms with Crippen LogP contribution in [0.3, 0.4) is 0 Å². The van der Waals surface area contributed by atoms with E-state index in [2.05, 4.69) is 22.8 Å². The molecule has 138 valence electrons. The second-order valence-electron chi connectivity index (χ2n) is 7.59. The molecule has 3 aliphatic heterocycles. The van der Waals surface area contributed by atoms with Crippen LogP contribution >= 0.6 is 0 Å². The lowest BCUT2D eigenvalue weighted by molar-refractivity contribution is -0.00650. The zero-order valence-corrected chi connectivity index (χ0v) is 15.5. The van der Waals surface area contributed by atoms with Gasteiger partial charge in [0, 0.05) is 49.8 Å². The van der Waals surface area contributed by atoms with Crippen molar-refractivity contribution >= 4 is 0 Å². The molecule has 1 aromatic carbocycles. The number of piperidine rings is 1. The fraction of sp³-hybridized carbons (Fsp3) is 0.700. The summed E-state index contributed by atoms with van der Waals surface area (Å²) in [6.07, 6.45) is 5.03. The standard InChI is InChI=1S/C20H30N2O3/c1-15-6-3-4-7-22(15)17-13-21(14-17)12-16-10-19-20(11-18(16)23-2)25-9-5-8-24-19/h10-11,15,17H,3-9,12-14H2,1-2H3. The molecule has 25 heavy (non-hydrogen) atoms. The molecule has 1 aromatic rings. The first-order chi connectivity index (χ1) is 12.2. The molecule has 2 fully saturated rings. The third-order valence-corrected chi connectivity index (χ3v) is 5.81. The van der Waals surface area contributed by atoms with E-state index in [1.165, 1.54) is 31.4 Å². The molecule has 0 bridgehead atoms. The van der Waals surface area contributed by atoms with Crippen molar-refractivity contribution in [1.29, 1.82) is 0 Å². The molecular formula is C20H30N2O3. The maximum absolute atomic E-state index is 5.84. The van der Waals surface area contributed by atoms with E-state index in [-0.39, 0.29) is 0 Å². The molecule has 0 aliphatic carbocycles. The first-order valence-electron chi connectivity index (χ1n) is 9.69. The molecule has 5 nitrogen and oxygen atoms in total. The van der Waals surface area contributed by atoms with Gasteiger partial charge in [-0.05, 0) is 32.4 Å². The predicted octanol–water partition coefficient (Wildman–Crippen LogP) is 2.92. The van der Waals surface area contributed by atoms with Crippen LogP contribution in [0.1, 0.15) is 38.2 Å². The molecule has 3 aliphatic rings. The smallest absolute Gasteiger partial charge is 0.164 e. The fourth-order valence-electron chi connectivity index (χ4n) is 4.33. The molecule has 0 radical (unpaired) electrons. The largest absolute Gasteiger partial charge is 0.496 e. The lowest BCUT2D eigenvalue weighted by Crippen LogP contribution is -2.61. The van der Waals surface area contributed by atoms with Crippen molar-refractivity contribution in [2.75, 3.05) is 40.0 Å². The highest BCUT2D eigenvalue weighted by Gasteiger charge is 2.35. The van der Waals surface area contributed by atoms with Crippen molar-refractivity contribution in [3.8, 4) is 17.2 Å². The molecule has 0 spiro atoms. The zero-order valence-electron chi connectivity index (χ0n) is 15.5. The Balaban J connectivity index is 1.40. The minimum absolute atomic E-state index is 0.706. The molecule has 4 rings (SSSR count). The number of likely N-dealkylation sites (tertiary alicyclic amines) is 2. The summed E-state index contributed by atoms with van der Waals surface area (Å²) in [5.41, 5.74) is 1.19. The fourth-order valence-corrected chi connectivity index (χ4v) is 4.33. The summed E-state index contributed by atoms with van der Waals surface area (Å²) in [7, 11) is 1.73. The normalized spacial score (nSPS) is 25.3. The van der Waals surface area contributed by atoms with E-state index in [0.717, 1.165) is 62.0 Å². The van der Waals surface area contributed by atoms with Gasteiger partial charge in [0.25, 0.3) is 0 Å². The van der Waals surface area contributed by atoms with Crippen LogP contribution in [0, 0.1) is 0 Å². The summed E-state index contributed by atoms with van der Waals surface area (Å²) < 4.78 is 17.2. The molecule has 2 saturated heterocycles. The van der Waals surface area contributed by atoms with Gasteiger partial charge in [-0.3, -0.25) is 9.80 Å². The van der Waals surface area contributed by atoms with Crippen LogP contribution < -0.4 is 14.2 Å². The van der Waals surface area contributed by atoms with E-state index in [0.29, 0.717) is 6.61 Å². The third-order valence-electron chi connectivity index (χ3n) is 5.81. The topological polar surface area (TPSA) is 34.2 Å². The highest BCUT2D eigenvalue weighted by Crippen LogP contribution is 2.37. The molecular weight excluding hydrogens is 316 g/mol. The molecule has 0 N–H and O–H groups in total. The molecule has 3 heterocycles. The summed E-state index contributed by atoms with van der Waals surface area (Å²) in [6.45, 7) is 8.30. The number of hydrogen-bond acceptors (Lipinski definition) is 5. The Morgan fingerprint density at radius 3 is 2.56 bits per heavy atom. The Morgan fingerprint density at radius 1 is 1.08 bits per heavy atom. The number of benzene rings is 1. The Kier molecular flexibility index (Phi) is 5.04. The lowest BCUT2D eigenvalue weighted by Gasteiger charge is -2.49. The number of fused-ring (bicyclic) bond motifs is 1. The molecule has 1 unspecified atom stereocenters. The van der Waals surface area contributed by atoms with Gasteiger partial charge in [-0.25, -0.2) is 0 Å². The van der Waals surface area contributed by atoms with Gasteiger partial charge in [0.05, 0.1) is 20.3 Å². The van der Waals surface area contributed by atoms with Gasteiger partial charge in [-0.15, -0.1) is 0 Å². The van der Waals surface area contributed by atoms with Gasteiger partial charge in [0.15, 0.2) is 11.5 Å². The average Bonchev–Trinajstić information content (AvgIpc) is 2.82. The van der Waals surface area contributed by atoms with Crippen LogP contribution in [-0.4, -0.2) is 61.8 Å². The molecule has 5 heteroatoms. The zero-order chi connectivity index (χ0) is 17.2. The average molecular weight is 346 g/mol. The minimum atomic E-state index is 0.706. The van der Waals surface area contributed by atoms with Gasteiger partial charge in [0.2, 0.25) is 0 Å². The van der Waals surface area contributed by atoms with Gasteiger partial charge in [0.1, 0.15) is 5.75 Å². The second kappa shape index (κ2) is 7.42. The number of hydrogen-bond donors (Lipinski definition) is 0. The van der Waals surface area contributed by atoms with Crippen molar-refractivity contribution < 1.29 is 14.2 Å². The summed E-state index contributed by atoms with van der Waals surface area (Å²) in [5, 5.41) is 0. The first kappa shape index (κ1) is 17.0. The molecule has 1 atom stereocenters. The van der Waals surface area contributed by atoms with Gasteiger partial charge < -0.3 is 14.2 Å². The molecule has 0 saturated carbocycles. The Hall–Kier alpha value is -1.46. The summed E-state index contributed by atoms with van der Waals surface area (Å²) >= 11 is 0. The van der Waals surface area contributed by atoms with Crippen molar-refractivity contribution in [1.82, 2.24) is 9.80 Å². The third kappa shape index (κ3) is 3.58. The number of methoxy groups -OCH3 is 1. The maximum atomic E-state index is 5.84. The lowest BCUT2D eigenvalue weighted by atomic mass is 9.97. The van der Waals surface area contributed by atoms with E-state index in [1.54, 1.807) is 7.11 Å². The van der Waals surface area contributed by atoms with E-state index in [1.807, 2.05) is 6.07 Å². The van der Waals surface area contributed by atoms with Gasteiger partial charge >= 0.3 is 0 Å². The van der Waals surface area contributed by atoms with Crippen molar-refractivity contribution in [2.24, 2.45) is 0 Å². The minimum Gasteiger partial charge on any atom is -0.496 e. The second-order valence-corrected chi connectivity index (χ2v) is 7.59. The SMILES string of the molecule is COc1cc2c(cc1CN1CC(N3CCCCC3C)C1)OCCCO2. The first-order valence-corrected chi connectivity index (χ1v) is 9.69. The highest BCUT2D eigenvalue weighted by atomic mass is 16.5. The van der Waals surface area contributed by atoms with Crippen LogP contribution in [0.4, 0.5) is 0 Å². The quantitative estimate of drug-likeness (QED) is 0.837. The Morgan fingerprint density at radius 2 is 1.84 bits per heavy atom. The van der Waals surface area contributed by atoms with E-state index in [9.17, 15) is 0 Å². The van der Waals surface area contributed by atoms with Gasteiger partial charge in [-0.1, -0.05) is 6.42 Å². The number of rotatable bonds is 4. The molecule has 0 aromatic heterocycles. The Labute approximate surface area is 150 Å². The van der Waals surface area contributed by atoms with Crippen molar-refractivity contribution in [3.63, 3.8) is 0 Å².